The van der Waals surface area contributed by atoms with Crippen molar-refractivity contribution in [2.45, 2.75) is 24.8 Å². The average molecular weight is 450 g/mol. The van der Waals surface area contributed by atoms with Crippen LogP contribution in [-0.2, 0) is 25.6 Å². The maximum absolute atomic E-state index is 12.9. The van der Waals surface area contributed by atoms with Crippen LogP contribution in [0.15, 0.2) is 18.2 Å². The molecule has 0 fully saturated rings. The van der Waals surface area contributed by atoms with Gasteiger partial charge in [-0.25, -0.2) is 0 Å². The third-order valence-corrected chi connectivity index (χ3v) is 6.80. The quantitative estimate of drug-likeness (QED) is 0.267. The van der Waals surface area contributed by atoms with Crippen LogP contribution in [0.25, 0.3) is 0 Å². The van der Waals surface area contributed by atoms with Crippen molar-refractivity contribution in [2.24, 2.45) is 0 Å². The predicted octanol–water partition coefficient (Wildman–Crippen LogP) is 4.28. The molecule has 1 aromatic rings. The first kappa shape index (κ1) is 24.6. The third-order valence-electron chi connectivity index (χ3n) is 3.72. The van der Waals surface area contributed by atoms with Gasteiger partial charge in [0.05, 0.1) is 11.1 Å². The number of rotatable bonds is 8. The SMILES string of the molecule is CO[Si](CCCNC(=S)Nc1cc(C(F)(F)F)cc(C(F)(F)F)c1)(OC)OC. The molecule has 0 atom stereocenters. The van der Waals surface area contributed by atoms with Gasteiger partial charge in [-0.2, -0.15) is 26.3 Å². The Hall–Kier alpha value is -1.41. The fourth-order valence-corrected chi connectivity index (χ4v) is 4.21. The minimum Gasteiger partial charge on any atom is -0.377 e. The average Bonchev–Trinajstić information content (AvgIpc) is 2.61. The van der Waals surface area contributed by atoms with Crippen molar-refractivity contribution >= 4 is 31.8 Å². The van der Waals surface area contributed by atoms with E-state index in [0.29, 0.717) is 24.6 Å². The van der Waals surface area contributed by atoms with Crippen LogP contribution in [0.4, 0.5) is 32.0 Å². The monoisotopic (exact) mass is 450 g/mol. The molecule has 0 aliphatic carbocycles. The van der Waals surface area contributed by atoms with Gasteiger partial charge in [-0.15, -0.1) is 0 Å². The molecule has 0 spiro atoms. The molecule has 5 nitrogen and oxygen atoms in total. The molecule has 0 amide bonds. The summed E-state index contributed by atoms with van der Waals surface area (Å²) < 4.78 is 92.9. The van der Waals surface area contributed by atoms with Crippen molar-refractivity contribution < 1.29 is 39.6 Å². The van der Waals surface area contributed by atoms with E-state index in [1.807, 2.05) is 0 Å². The summed E-state index contributed by atoms with van der Waals surface area (Å²) >= 11 is 4.93. The number of hydrogen-bond acceptors (Lipinski definition) is 4. The number of anilines is 1. The Morgan fingerprint density at radius 2 is 1.39 bits per heavy atom. The van der Waals surface area contributed by atoms with E-state index in [-0.39, 0.29) is 17.7 Å². The van der Waals surface area contributed by atoms with Crippen molar-refractivity contribution in [3.05, 3.63) is 29.3 Å². The van der Waals surface area contributed by atoms with Crippen molar-refractivity contribution in [3.8, 4) is 0 Å². The van der Waals surface area contributed by atoms with Crippen LogP contribution in [0.2, 0.25) is 6.04 Å². The Labute approximate surface area is 164 Å². The Balaban J connectivity index is 2.76. The van der Waals surface area contributed by atoms with Gasteiger partial charge < -0.3 is 23.9 Å². The summed E-state index contributed by atoms with van der Waals surface area (Å²) in [6.07, 6.45) is -9.37. The van der Waals surface area contributed by atoms with Crippen molar-refractivity contribution in [1.29, 1.82) is 0 Å². The number of nitrogens with one attached hydrogen (secondary N) is 2. The standard InChI is InChI=1S/C15H20F6N2O3SSi/c1-24-28(25-2,26-3)6-4-5-22-13(27)23-12-8-10(14(16,17)18)7-11(9-12)15(19,20)21/h7-9H,4-6H2,1-3H3,(H2,22,23,27). The van der Waals surface area contributed by atoms with E-state index in [9.17, 15) is 26.3 Å². The number of thiocarbonyl (C=S) groups is 1. The van der Waals surface area contributed by atoms with Crippen molar-refractivity contribution in [2.75, 3.05) is 33.2 Å². The molecule has 0 unspecified atom stereocenters. The maximum atomic E-state index is 12.9. The minimum atomic E-state index is -4.93. The predicted molar refractivity (Wildman–Crippen MR) is 96.9 cm³/mol. The highest BCUT2D eigenvalue weighted by molar-refractivity contribution is 7.80. The molecular weight excluding hydrogens is 430 g/mol. The molecule has 0 radical (unpaired) electrons. The summed E-state index contributed by atoms with van der Waals surface area (Å²) in [4.78, 5) is 0. The van der Waals surface area contributed by atoms with E-state index in [0.717, 1.165) is 0 Å². The van der Waals surface area contributed by atoms with E-state index in [1.54, 1.807) is 0 Å². The van der Waals surface area contributed by atoms with E-state index in [4.69, 9.17) is 25.5 Å². The highest BCUT2D eigenvalue weighted by atomic mass is 32.1. The van der Waals surface area contributed by atoms with Gasteiger partial charge >= 0.3 is 21.2 Å². The van der Waals surface area contributed by atoms with Gasteiger partial charge in [0, 0.05) is 39.6 Å². The number of hydrogen-bond donors (Lipinski definition) is 2. The highest BCUT2D eigenvalue weighted by Gasteiger charge is 2.38. The van der Waals surface area contributed by atoms with E-state index in [1.165, 1.54) is 21.3 Å². The second-order valence-electron chi connectivity index (χ2n) is 5.57. The smallest absolute Gasteiger partial charge is 0.377 e. The lowest BCUT2D eigenvalue weighted by atomic mass is 10.1. The summed E-state index contributed by atoms with van der Waals surface area (Å²) in [5, 5.41) is 4.93. The molecule has 0 saturated carbocycles. The first-order valence-corrected chi connectivity index (χ1v) is 10.2. The van der Waals surface area contributed by atoms with Crippen molar-refractivity contribution in [3.63, 3.8) is 0 Å². The summed E-state index contributed by atoms with van der Waals surface area (Å²) in [5.74, 6) is 0. The van der Waals surface area contributed by atoms with E-state index in [2.05, 4.69) is 10.6 Å². The third kappa shape index (κ3) is 7.20. The second kappa shape index (κ2) is 9.87. The largest absolute Gasteiger partial charge is 0.500 e. The van der Waals surface area contributed by atoms with Crippen LogP contribution >= 0.6 is 12.2 Å². The summed E-state index contributed by atoms with van der Waals surface area (Å²) in [6, 6.07) is 1.60. The van der Waals surface area contributed by atoms with Crippen LogP contribution in [-0.4, -0.2) is 41.8 Å². The molecule has 160 valence electrons. The molecule has 1 aromatic carbocycles. The fraction of sp³-hybridized carbons (Fsp3) is 0.533. The molecule has 13 heteroatoms. The molecule has 0 saturated heterocycles. The van der Waals surface area contributed by atoms with Crippen LogP contribution in [0.1, 0.15) is 17.5 Å². The zero-order chi connectivity index (χ0) is 21.6. The van der Waals surface area contributed by atoms with Gasteiger partial charge in [0.1, 0.15) is 0 Å². The number of halogens is 6. The first-order chi connectivity index (χ1) is 12.9. The summed E-state index contributed by atoms with van der Waals surface area (Å²) in [5.41, 5.74) is -3.28. The Morgan fingerprint density at radius 3 is 1.79 bits per heavy atom. The molecule has 2 N–H and O–H groups in total. The van der Waals surface area contributed by atoms with Crippen LogP contribution in [0.3, 0.4) is 0 Å². The molecule has 0 aliphatic heterocycles. The number of benzene rings is 1. The van der Waals surface area contributed by atoms with Crippen molar-refractivity contribution in [1.82, 2.24) is 5.32 Å². The van der Waals surface area contributed by atoms with Crippen LogP contribution in [0, 0.1) is 0 Å². The first-order valence-electron chi connectivity index (χ1n) is 7.86. The van der Waals surface area contributed by atoms with Crippen LogP contribution in [0.5, 0.6) is 0 Å². The molecule has 1 rings (SSSR count). The van der Waals surface area contributed by atoms with Crippen LogP contribution < -0.4 is 10.6 Å². The fourth-order valence-electron chi connectivity index (χ4n) is 2.27. The van der Waals surface area contributed by atoms with E-state index >= 15 is 0 Å². The highest BCUT2D eigenvalue weighted by Crippen LogP contribution is 2.37. The zero-order valence-corrected chi connectivity index (χ0v) is 17.1. The Kier molecular flexibility index (Phi) is 8.68. The van der Waals surface area contributed by atoms with Gasteiger partial charge in [0.2, 0.25) is 0 Å². The van der Waals surface area contributed by atoms with Gasteiger partial charge in [-0.05, 0) is 36.8 Å². The molecule has 0 heterocycles. The topological polar surface area (TPSA) is 51.8 Å². The zero-order valence-electron chi connectivity index (χ0n) is 15.3. The Morgan fingerprint density at radius 1 is 0.929 bits per heavy atom. The minimum absolute atomic E-state index is 0.0477. The van der Waals surface area contributed by atoms with Gasteiger partial charge in [-0.1, -0.05) is 0 Å². The van der Waals surface area contributed by atoms with Gasteiger partial charge in [-0.3, -0.25) is 0 Å². The summed E-state index contributed by atoms with van der Waals surface area (Å²) in [6.45, 7) is 0.280. The molecular formula is C15H20F6N2O3SSi. The summed E-state index contributed by atoms with van der Waals surface area (Å²) in [7, 11) is 1.57. The second-order valence-corrected chi connectivity index (χ2v) is 9.07. The Bertz CT molecular complexity index is 628. The molecule has 0 bridgehead atoms. The molecule has 0 aliphatic rings. The van der Waals surface area contributed by atoms with Gasteiger partial charge in [0.15, 0.2) is 5.11 Å². The van der Waals surface area contributed by atoms with E-state index < -0.39 is 38.0 Å². The lowest BCUT2D eigenvalue weighted by Gasteiger charge is -2.24. The lowest BCUT2D eigenvalue weighted by Crippen LogP contribution is -2.43. The molecule has 28 heavy (non-hydrogen) atoms. The van der Waals surface area contributed by atoms with Gasteiger partial charge in [0.25, 0.3) is 0 Å². The number of alkyl halides is 6. The maximum Gasteiger partial charge on any atom is 0.500 e. The molecule has 0 aromatic heterocycles. The lowest BCUT2D eigenvalue weighted by molar-refractivity contribution is -0.143. The normalized spacial score (nSPS) is 12.8.